The fraction of sp³-hybridized carbons (Fsp3) is 0.467. The number of allylic oxidation sites excluding steroid dienone is 1. The largest absolute Gasteiger partial charge is 0.0793 e. The van der Waals surface area contributed by atoms with Crippen molar-refractivity contribution in [2.24, 2.45) is 0 Å². The van der Waals surface area contributed by atoms with Gasteiger partial charge in [-0.15, -0.1) is 0 Å². The molecule has 1 heteroatoms. The standard InChI is InChI=1S/C15H19Si/c1-11-5-6-12(2)15-13(11)7-8-14(15)16-9-3-4-10-16/h5-8,14H,3-4,9-10H2,1-2H3. The molecule has 16 heavy (non-hydrogen) atoms. The number of hydrogen-bond donors (Lipinski definition) is 0. The number of hydrogen-bond acceptors (Lipinski definition) is 0. The van der Waals surface area contributed by atoms with Crippen LogP contribution >= 0.6 is 0 Å². The van der Waals surface area contributed by atoms with Gasteiger partial charge in [0.25, 0.3) is 0 Å². The van der Waals surface area contributed by atoms with Crippen LogP contribution in [0.3, 0.4) is 0 Å². The quantitative estimate of drug-likeness (QED) is 0.629. The third-order valence-electron chi connectivity index (χ3n) is 4.18. The van der Waals surface area contributed by atoms with Gasteiger partial charge in [0, 0.05) is 0 Å². The van der Waals surface area contributed by atoms with E-state index >= 15 is 0 Å². The fourth-order valence-electron chi connectivity index (χ4n) is 3.26. The van der Waals surface area contributed by atoms with Crippen LogP contribution in [-0.4, -0.2) is 8.80 Å². The summed E-state index contributed by atoms with van der Waals surface area (Å²) in [6.45, 7) is 4.53. The van der Waals surface area contributed by atoms with E-state index in [1.54, 1.807) is 5.56 Å². The normalized spacial score (nSPS) is 24.0. The van der Waals surface area contributed by atoms with Crippen molar-refractivity contribution in [2.75, 3.05) is 0 Å². The van der Waals surface area contributed by atoms with Crippen molar-refractivity contribution >= 4 is 14.9 Å². The van der Waals surface area contributed by atoms with E-state index in [0.717, 1.165) is 5.54 Å². The molecule has 3 rings (SSSR count). The van der Waals surface area contributed by atoms with E-state index in [0.29, 0.717) is 0 Å². The monoisotopic (exact) mass is 227 g/mol. The Morgan fingerprint density at radius 1 is 1.06 bits per heavy atom. The number of rotatable bonds is 1. The van der Waals surface area contributed by atoms with Crippen molar-refractivity contribution in [3.8, 4) is 0 Å². The van der Waals surface area contributed by atoms with Gasteiger partial charge < -0.3 is 0 Å². The van der Waals surface area contributed by atoms with Gasteiger partial charge in [-0.05, 0) is 41.6 Å². The number of benzene rings is 1. The lowest BCUT2D eigenvalue weighted by atomic mass is 9.99. The van der Waals surface area contributed by atoms with E-state index in [4.69, 9.17) is 0 Å². The first kappa shape index (κ1) is 10.3. The summed E-state index contributed by atoms with van der Waals surface area (Å²) < 4.78 is 0. The van der Waals surface area contributed by atoms with E-state index in [9.17, 15) is 0 Å². The molecule has 1 fully saturated rings. The molecule has 0 aromatic heterocycles. The number of fused-ring (bicyclic) bond motifs is 1. The molecular formula is C15H19Si. The lowest BCUT2D eigenvalue weighted by molar-refractivity contribution is 0.935. The molecule has 1 atom stereocenters. The summed E-state index contributed by atoms with van der Waals surface area (Å²) in [6.07, 6.45) is 7.86. The van der Waals surface area contributed by atoms with Crippen LogP contribution in [0, 0.1) is 13.8 Å². The average molecular weight is 227 g/mol. The Morgan fingerprint density at radius 2 is 1.75 bits per heavy atom. The van der Waals surface area contributed by atoms with Gasteiger partial charge in [0.1, 0.15) is 0 Å². The molecular weight excluding hydrogens is 208 g/mol. The van der Waals surface area contributed by atoms with Crippen LogP contribution < -0.4 is 0 Å². The Morgan fingerprint density at radius 3 is 2.50 bits per heavy atom. The zero-order valence-electron chi connectivity index (χ0n) is 10.2. The highest BCUT2D eigenvalue weighted by molar-refractivity contribution is 6.62. The van der Waals surface area contributed by atoms with E-state index in [-0.39, 0.29) is 8.80 Å². The van der Waals surface area contributed by atoms with Gasteiger partial charge >= 0.3 is 0 Å². The first-order valence-corrected chi connectivity index (χ1v) is 8.39. The van der Waals surface area contributed by atoms with Crippen molar-refractivity contribution in [2.45, 2.75) is 44.3 Å². The zero-order valence-corrected chi connectivity index (χ0v) is 11.2. The summed E-state index contributed by atoms with van der Waals surface area (Å²) in [7, 11) is -0.127. The average Bonchev–Trinajstić information content (AvgIpc) is 2.90. The van der Waals surface area contributed by atoms with Crippen molar-refractivity contribution in [3.63, 3.8) is 0 Å². The second-order valence-corrected chi connectivity index (χ2v) is 8.17. The van der Waals surface area contributed by atoms with Crippen LogP contribution in [-0.2, 0) is 0 Å². The predicted octanol–water partition coefficient (Wildman–Crippen LogP) is 4.24. The van der Waals surface area contributed by atoms with Gasteiger partial charge in [-0.25, -0.2) is 0 Å². The Balaban J connectivity index is 2.04. The summed E-state index contributed by atoms with van der Waals surface area (Å²) in [5.41, 5.74) is 7.01. The highest BCUT2D eigenvalue weighted by Crippen LogP contribution is 2.40. The maximum atomic E-state index is 2.50. The number of aryl methyl sites for hydroxylation is 2. The molecule has 0 N–H and O–H groups in total. The molecule has 1 saturated heterocycles. The van der Waals surface area contributed by atoms with Crippen LogP contribution in [0.4, 0.5) is 0 Å². The molecule has 1 aromatic rings. The second-order valence-electron chi connectivity index (χ2n) is 5.23. The fourth-order valence-corrected chi connectivity index (χ4v) is 6.70. The molecule has 0 amide bonds. The molecule has 1 radical (unpaired) electrons. The van der Waals surface area contributed by atoms with Gasteiger partial charge in [0.05, 0.1) is 8.80 Å². The maximum Gasteiger partial charge on any atom is 0.0613 e. The summed E-state index contributed by atoms with van der Waals surface area (Å²) in [4.78, 5) is 0. The molecule has 0 saturated carbocycles. The molecule has 1 unspecified atom stereocenters. The van der Waals surface area contributed by atoms with Crippen LogP contribution in [0.1, 0.15) is 40.6 Å². The zero-order chi connectivity index (χ0) is 11.1. The van der Waals surface area contributed by atoms with E-state index < -0.39 is 0 Å². The first-order valence-electron chi connectivity index (χ1n) is 6.40. The summed E-state index contributed by atoms with van der Waals surface area (Å²) in [5.74, 6) is 0. The van der Waals surface area contributed by atoms with Crippen molar-refractivity contribution < 1.29 is 0 Å². The summed E-state index contributed by atoms with van der Waals surface area (Å²) >= 11 is 0. The van der Waals surface area contributed by atoms with E-state index in [1.165, 1.54) is 41.6 Å². The van der Waals surface area contributed by atoms with Crippen molar-refractivity contribution in [1.82, 2.24) is 0 Å². The molecule has 1 heterocycles. The predicted molar refractivity (Wildman–Crippen MR) is 72.3 cm³/mol. The van der Waals surface area contributed by atoms with E-state index in [2.05, 4.69) is 38.1 Å². The lowest BCUT2D eigenvalue weighted by Crippen LogP contribution is -2.17. The van der Waals surface area contributed by atoms with Crippen LogP contribution in [0.25, 0.3) is 6.08 Å². The van der Waals surface area contributed by atoms with Crippen LogP contribution in [0.5, 0.6) is 0 Å². The third kappa shape index (κ3) is 1.49. The highest BCUT2D eigenvalue weighted by Gasteiger charge is 2.31. The summed E-state index contributed by atoms with van der Waals surface area (Å²) in [6, 6.07) is 7.65. The lowest BCUT2D eigenvalue weighted by Gasteiger charge is -2.19. The van der Waals surface area contributed by atoms with Crippen molar-refractivity contribution in [1.29, 1.82) is 0 Å². The van der Waals surface area contributed by atoms with Gasteiger partial charge in [-0.3, -0.25) is 0 Å². The Hall–Kier alpha value is -0.823. The highest BCUT2D eigenvalue weighted by atomic mass is 28.3. The van der Waals surface area contributed by atoms with Gasteiger partial charge in [-0.2, -0.15) is 0 Å². The molecule has 1 aromatic carbocycles. The molecule has 1 aliphatic carbocycles. The molecule has 1 aliphatic heterocycles. The van der Waals surface area contributed by atoms with Crippen molar-refractivity contribution in [3.05, 3.63) is 40.5 Å². The Kier molecular flexibility index (Phi) is 2.51. The maximum absolute atomic E-state index is 2.50. The van der Waals surface area contributed by atoms with Crippen LogP contribution in [0.15, 0.2) is 18.2 Å². The molecule has 0 nitrogen and oxygen atoms in total. The Labute approximate surface area is 100.0 Å². The van der Waals surface area contributed by atoms with Gasteiger partial charge in [-0.1, -0.05) is 49.2 Å². The minimum Gasteiger partial charge on any atom is -0.0793 e. The topological polar surface area (TPSA) is 0 Å². The molecule has 2 aliphatic rings. The molecule has 0 bridgehead atoms. The van der Waals surface area contributed by atoms with Gasteiger partial charge in [0.15, 0.2) is 0 Å². The Bertz CT molecular complexity index is 439. The SMILES string of the molecule is Cc1ccc(C)c2c1C=CC2[Si]1CCCC1. The minimum atomic E-state index is -0.127. The van der Waals surface area contributed by atoms with Gasteiger partial charge in [0.2, 0.25) is 0 Å². The second kappa shape index (κ2) is 3.88. The third-order valence-corrected chi connectivity index (χ3v) is 7.53. The minimum absolute atomic E-state index is 0.127. The first-order chi connectivity index (χ1) is 7.77. The summed E-state index contributed by atoms with van der Waals surface area (Å²) in [5, 5.41) is 0. The molecule has 0 spiro atoms. The smallest absolute Gasteiger partial charge is 0.0613 e. The van der Waals surface area contributed by atoms with Crippen LogP contribution in [0.2, 0.25) is 12.1 Å². The molecule has 83 valence electrons. The van der Waals surface area contributed by atoms with E-state index in [1.807, 2.05) is 0 Å².